The lowest BCUT2D eigenvalue weighted by atomic mass is 9.94. The first kappa shape index (κ1) is 34.0. The zero-order valence-electron chi connectivity index (χ0n) is 31.4. The Kier molecular flexibility index (Phi) is 8.23. The van der Waals surface area contributed by atoms with Crippen molar-refractivity contribution in [2.24, 2.45) is 9.98 Å². The van der Waals surface area contributed by atoms with Crippen molar-refractivity contribution in [1.29, 1.82) is 0 Å². The van der Waals surface area contributed by atoms with Gasteiger partial charge in [-0.1, -0.05) is 146 Å². The predicted octanol–water partition coefficient (Wildman–Crippen LogP) is 14.1. The molecule has 0 fully saturated rings. The Hall–Kier alpha value is -7.28. The highest BCUT2D eigenvalue weighted by atomic mass is 32.1. The summed E-state index contributed by atoms with van der Waals surface area (Å²) < 4.78 is 15.5. The summed E-state index contributed by atoms with van der Waals surface area (Å²) in [4.78, 5) is 10.0. The van der Waals surface area contributed by atoms with Crippen LogP contribution in [-0.2, 0) is 6.54 Å². The SMILES string of the molecule is C=NC(N/C(=N\Cc1ccc(-c2ccccc2)cc1)c1ccc2c(c1)sc1ccccc12)c1ccc(-c2cccc3oc4ccccc4c23)c2oc3ccccc3c12. The Morgan fingerprint density at radius 3 is 2.03 bits per heavy atom. The molecule has 0 aliphatic carbocycles. The second-order valence-electron chi connectivity index (χ2n) is 14.5. The Balaban J connectivity index is 1.04. The molecule has 3 aromatic heterocycles. The van der Waals surface area contributed by atoms with Crippen LogP contribution in [0.25, 0.3) is 86.3 Å². The molecule has 11 rings (SSSR count). The number of para-hydroxylation sites is 2. The van der Waals surface area contributed by atoms with E-state index in [1.807, 2.05) is 42.5 Å². The summed E-state index contributed by atoms with van der Waals surface area (Å²) in [6, 6.07) is 61.2. The molecule has 3 heterocycles. The summed E-state index contributed by atoms with van der Waals surface area (Å²) >= 11 is 1.80. The van der Waals surface area contributed by atoms with E-state index in [9.17, 15) is 0 Å². The summed E-state index contributed by atoms with van der Waals surface area (Å²) in [5.41, 5.74) is 10.7. The van der Waals surface area contributed by atoms with Crippen molar-refractivity contribution >= 4 is 87.9 Å². The third-order valence-electron chi connectivity index (χ3n) is 11.1. The summed E-state index contributed by atoms with van der Waals surface area (Å²) in [6.45, 7) is 4.61. The summed E-state index contributed by atoms with van der Waals surface area (Å²) in [5.74, 6) is 0.739. The van der Waals surface area contributed by atoms with Gasteiger partial charge in [0.1, 0.15) is 34.3 Å². The van der Waals surface area contributed by atoms with E-state index < -0.39 is 6.17 Å². The Morgan fingerprint density at radius 2 is 1.22 bits per heavy atom. The van der Waals surface area contributed by atoms with Gasteiger partial charge >= 0.3 is 0 Å². The highest BCUT2D eigenvalue weighted by molar-refractivity contribution is 7.25. The molecule has 1 unspecified atom stereocenters. The molecule has 0 amide bonds. The van der Waals surface area contributed by atoms with Crippen molar-refractivity contribution < 1.29 is 8.83 Å². The molecule has 1 atom stereocenters. The van der Waals surface area contributed by atoms with Crippen molar-refractivity contribution in [3.05, 3.63) is 193 Å². The van der Waals surface area contributed by atoms with Gasteiger partial charge in [-0.25, -0.2) is 0 Å². The van der Waals surface area contributed by atoms with Crippen molar-refractivity contribution in [1.82, 2.24) is 5.32 Å². The molecule has 0 spiro atoms. The number of nitrogens with one attached hydrogen (secondary N) is 1. The Morgan fingerprint density at radius 1 is 0.552 bits per heavy atom. The van der Waals surface area contributed by atoms with Crippen LogP contribution in [0.4, 0.5) is 0 Å². The number of fused-ring (bicyclic) bond motifs is 9. The number of benzene rings is 8. The fraction of sp³-hybridized carbons (Fsp3) is 0.0385. The lowest BCUT2D eigenvalue weighted by molar-refractivity contribution is 0.665. The molecule has 0 saturated heterocycles. The van der Waals surface area contributed by atoms with Crippen molar-refractivity contribution in [3.63, 3.8) is 0 Å². The maximum Gasteiger partial charge on any atom is 0.145 e. The molecule has 0 aliphatic heterocycles. The fourth-order valence-corrected chi connectivity index (χ4v) is 9.49. The van der Waals surface area contributed by atoms with E-state index in [1.54, 1.807) is 11.3 Å². The van der Waals surface area contributed by atoms with Gasteiger partial charge in [-0.05, 0) is 59.3 Å². The first-order valence-electron chi connectivity index (χ1n) is 19.4. The van der Waals surface area contributed by atoms with Gasteiger partial charge < -0.3 is 14.2 Å². The first-order valence-corrected chi connectivity index (χ1v) is 20.2. The number of hydrogen-bond donors (Lipinski definition) is 1. The zero-order chi connectivity index (χ0) is 38.6. The van der Waals surface area contributed by atoms with Gasteiger partial charge in [0.15, 0.2) is 0 Å². The maximum absolute atomic E-state index is 6.78. The Bertz CT molecular complexity index is 3370. The summed E-state index contributed by atoms with van der Waals surface area (Å²) in [6.07, 6.45) is -0.541. The van der Waals surface area contributed by atoms with Gasteiger partial charge in [0.2, 0.25) is 0 Å². The van der Waals surface area contributed by atoms with Crippen molar-refractivity contribution in [2.45, 2.75) is 12.7 Å². The number of rotatable bonds is 8. The van der Waals surface area contributed by atoms with Crippen LogP contribution in [0.1, 0.15) is 22.9 Å². The van der Waals surface area contributed by atoms with Crippen LogP contribution >= 0.6 is 11.3 Å². The third-order valence-corrected chi connectivity index (χ3v) is 12.3. The van der Waals surface area contributed by atoms with Crippen LogP contribution in [-0.4, -0.2) is 12.6 Å². The molecule has 0 aliphatic rings. The van der Waals surface area contributed by atoms with Gasteiger partial charge in [-0.3, -0.25) is 9.98 Å². The average Bonchev–Trinajstić information content (AvgIpc) is 3.98. The predicted molar refractivity (Wildman–Crippen MR) is 243 cm³/mol. The van der Waals surface area contributed by atoms with Crippen molar-refractivity contribution in [2.75, 3.05) is 0 Å². The molecule has 5 nitrogen and oxygen atoms in total. The number of thiophene rings is 1. The van der Waals surface area contributed by atoms with E-state index in [0.29, 0.717) is 6.54 Å². The molecule has 11 aromatic rings. The van der Waals surface area contributed by atoms with Gasteiger partial charge in [0, 0.05) is 58.4 Å². The minimum absolute atomic E-state index is 0.484. The molecule has 0 bridgehead atoms. The summed E-state index contributed by atoms with van der Waals surface area (Å²) in [5, 5.41) is 10.4. The third kappa shape index (κ3) is 5.77. The van der Waals surface area contributed by atoms with Gasteiger partial charge in [-0.2, -0.15) is 0 Å². The van der Waals surface area contributed by atoms with Crippen LogP contribution in [0.15, 0.2) is 195 Å². The van der Waals surface area contributed by atoms with E-state index >= 15 is 0 Å². The fourth-order valence-electron chi connectivity index (χ4n) is 8.34. The number of nitrogens with zero attached hydrogens (tertiary/aromatic N) is 2. The lowest BCUT2D eigenvalue weighted by Crippen LogP contribution is -2.28. The van der Waals surface area contributed by atoms with E-state index in [4.69, 9.17) is 18.8 Å². The van der Waals surface area contributed by atoms with Crippen LogP contribution in [0, 0.1) is 0 Å². The van der Waals surface area contributed by atoms with Crippen LogP contribution in [0.2, 0.25) is 0 Å². The normalized spacial score (nSPS) is 12.7. The molecule has 0 saturated carbocycles. The van der Waals surface area contributed by atoms with Crippen LogP contribution < -0.4 is 5.32 Å². The number of furan rings is 2. The lowest BCUT2D eigenvalue weighted by Gasteiger charge is -2.20. The van der Waals surface area contributed by atoms with Gasteiger partial charge in [0.25, 0.3) is 0 Å². The molecule has 8 aromatic carbocycles. The Labute approximate surface area is 338 Å². The topological polar surface area (TPSA) is 63.0 Å². The average molecular weight is 766 g/mol. The molecular formula is C52H35N3O2S. The van der Waals surface area contributed by atoms with E-state index in [2.05, 4.69) is 145 Å². The molecule has 276 valence electrons. The van der Waals surface area contributed by atoms with E-state index in [1.165, 1.54) is 31.3 Å². The van der Waals surface area contributed by atoms with Crippen molar-refractivity contribution in [3.8, 4) is 22.3 Å². The maximum atomic E-state index is 6.78. The van der Waals surface area contributed by atoms with Crippen LogP contribution in [0.5, 0.6) is 0 Å². The first-order chi connectivity index (χ1) is 28.7. The minimum atomic E-state index is -0.541. The molecule has 6 heteroatoms. The highest BCUT2D eigenvalue weighted by Crippen LogP contribution is 2.44. The zero-order valence-corrected chi connectivity index (χ0v) is 32.2. The minimum Gasteiger partial charge on any atom is -0.456 e. The van der Waals surface area contributed by atoms with E-state index in [0.717, 1.165) is 77.5 Å². The molecule has 0 radical (unpaired) electrons. The molecule has 1 N–H and O–H groups in total. The largest absolute Gasteiger partial charge is 0.456 e. The summed E-state index contributed by atoms with van der Waals surface area (Å²) in [7, 11) is 0. The van der Waals surface area contributed by atoms with Gasteiger partial charge in [-0.15, -0.1) is 11.3 Å². The highest BCUT2D eigenvalue weighted by Gasteiger charge is 2.24. The standard InChI is InChI=1S/C52H35N3O2S/c1-53-52(42-29-28-39(50-49(42)41-16-6-9-19-44(41)57-50)38-17-11-20-45-48(38)40-15-5-8-18-43(40)56-45)55-51(35-26-27-37-36-14-7-10-21-46(36)58-47(37)30-35)54-31-32-22-24-34(25-23-32)33-12-3-2-4-13-33/h2-30,52H,1,31H2,(H,54,55). The number of aliphatic imine (C=N–C) groups is 2. The second kappa shape index (κ2) is 14.0. The second-order valence-corrected chi connectivity index (χ2v) is 15.6. The molecular weight excluding hydrogens is 731 g/mol. The van der Waals surface area contributed by atoms with E-state index in [-0.39, 0.29) is 0 Å². The van der Waals surface area contributed by atoms with Gasteiger partial charge in [0.05, 0.1) is 6.54 Å². The molecule has 58 heavy (non-hydrogen) atoms. The van der Waals surface area contributed by atoms with Crippen LogP contribution in [0.3, 0.4) is 0 Å². The number of amidine groups is 1. The monoisotopic (exact) mass is 765 g/mol. The smallest absolute Gasteiger partial charge is 0.145 e. The number of hydrogen-bond acceptors (Lipinski definition) is 5. The quantitative estimate of drug-likeness (QED) is 0.124.